The summed E-state index contributed by atoms with van der Waals surface area (Å²) in [5.74, 6) is 3.88. The molecule has 0 bridgehead atoms. The van der Waals surface area contributed by atoms with Gasteiger partial charge in [0.25, 0.3) is 0 Å². The molecule has 0 aliphatic carbocycles. The van der Waals surface area contributed by atoms with Crippen molar-refractivity contribution in [1.82, 2.24) is 20.8 Å². The number of unbranched alkanes of at least 4 members (excludes halogenated alkanes) is 1. The van der Waals surface area contributed by atoms with Gasteiger partial charge in [-0.2, -0.15) is 16.7 Å². The van der Waals surface area contributed by atoms with Crippen molar-refractivity contribution in [1.29, 1.82) is 0 Å². The third-order valence-corrected chi connectivity index (χ3v) is 3.85. The number of nitrogens with one attached hydrogen (secondary N) is 2. The molecule has 0 saturated heterocycles. The van der Waals surface area contributed by atoms with E-state index in [-0.39, 0.29) is 0 Å². The van der Waals surface area contributed by atoms with Crippen molar-refractivity contribution >= 4 is 17.7 Å². The van der Waals surface area contributed by atoms with Gasteiger partial charge >= 0.3 is 0 Å². The van der Waals surface area contributed by atoms with Crippen LogP contribution in [0.5, 0.6) is 0 Å². The van der Waals surface area contributed by atoms with E-state index in [4.69, 9.17) is 4.52 Å². The Hall–Kier alpha value is -1.24. The zero-order chi connectivity index (χ0) is 16.2. The van der Waals surface area contributed by atoms with Crippen molar-refractivity contribution in [2.75, 3.05) is 32.1 Å². The number of aryl methyl sites for hydroxylation is 1. The molecule has 126 valence electrons. The first kappa shape index (κ1) is 18.8. The molecular formula is C15H29N5OS. The molecule has 0 radical (unpaired) electrons. The molecule has 0 unspecified atom stereocenters. The van der Waals surface area contributed by atoms with E-state index in [0.717, 1.165) is 37.7 Å². The molecular weight excluding hydrogens is 298 g/mol. The number of aromatic nitrogens is 2. The van der Waals surface area contributed by atoms with Crippen molar-refractivity contribution < 1.29 is 4.52 Å². The molecule has 0 aromatic carbocycles. The number of nitrogens with zero attached hydrogens (tertiary/aromatic N) is 3. The second-order valence-corrected chi connectivity index (χ2v) is 6.42. The summed E-state index contributed by atoms with van der Waals surface area (Å²) in [4.78, 5) is 8.59. The van der Waals surface area contributed by atoms with E-state index in [9.17, 15) is 0 Å². The lowest BCUT2D eigenvalue weighted by molar-refractivity contribution is 0.368. The van der Waals surface area contributed by atoms with Crippen LogP contribution in [0.15, 0.2) is 9.52 Å². The van der Waals surface area contributed by atoms with Gasteiger partial charge in [0.05, 0.1) is 0 Å². The van der Waals surface area contributed by atoms with Gasteiger partial charge in [0.1, 0.15) is 0 Å². The Balaban J connectivity index is 2.13. The number of aliphatic imine (C=N–C) groups is 1. The van der Waals surface area contributed by atoms with E-state index in [1.807, 2.05) is 11.8 Å². The van der Waals surface area contributed by atoms with Gasteiger partial charge < -0.3 is 15.2 Å². The maximum Gasteiger partial charge on any atom is 0.226 e. The third kappa shape index (κ3) is 7.68. The monoisotopic (exact) mass is 327 g/mol. The molecule has 7 heteroatoms. The van der Waals surface area contributed by atoms with Crippen LogP contribution in [0, 0.1) is 0 Å². The zero-order valence-electron chi connectivity index (χ0n) is 14.2. The van der Waals surface area contributed by atoms with Crippen molar-refractivity contribution in [3.63, 3.8) is 0 Å². The smallest absolute Gasteiger partial charge is 0.226 e. The molecule has 2 N–H and O–H groups in total. The van der Waals surface area contributed by atoms with Crippen molar-refractivity contribution in [2.45, 2.75) is 45.4 Å². The second kappa shape index (κ2) is 11.3. The van der Waals surface area contributed by atoms with Crippen molar-refractivity contribution in [3.8, 4) is 0 Å². The number of rotatable bonds is 10. The molecule has 1 aromatic heterocycles. The molecule has 1 aromatic rings. The van der Waals surface area contributed by atoms with Crippen molar-refractivity contribution in [2.24, 2.45) is 4.99 Å². The molecule has 22 heavy (non-hydrogen) atoms. The average molecular weight is 327 g/mol. The summed E-state index contributed by atoms with van der Waals surface area (Å²) in [6.07, 6.45) is 6.27. The standard InChI is InChI=1S/C15H29N5OS/c1-12(2)14-19-13(21-20-14)8-7-10-18-15(16-3)17-9-5-6-11-22-4/h12H,5-11H2,1-4H3,(H2,16,17,18). The topological polar surface area (TPSA) is 75.3 Å². The first-order valence-electron chi connectivity index (χ1n) is 7.93. The SMILES string of the molecule is CN=C(NCCCCSC)NCCCc1nc(C(C)C)no1. The molecule has 0 fully saturated rings. The number of thioether (sulfide) groups is 1. The van der Waals surface area contributed by atoms with E-state index in [1.165, 1.54) is 18.6 Å². The van der Waals surface area contributed by atoms with Gasteiger partial charge in [-0.15, -0.1) is 0 Å². The van der Waals surface area contributed by atoms with Gasteiger partial charge in [-0.25, -0.2) is 0 Å². The largest absolute Gasteiger partial charge is 0.356 e. The van der Waals surface area contributed by atoms with Gasteiger partial charge in [-0.3, -0.25) is 4.99 Å². The Morgan fingerprint density at radius 3 is 2.55 bits per heavy atom. The third-order valence-electron chi connectivity index (χ3n) is 3.15. The van der Waals surface area contributed by atoms with Crippen LogP contribution in [0.4, 0.5) is 0 Å². The van der Waals surface area contributed by atoms with E-state index < -0.39 is 0 Å². The lowest BCUT2D eigenvalue weighted by atomic mass is 10.2. The average Bonchev–Trinajstić information content (AvgIpc) is 2.98. The highest BCUT2D eigenvalue weighted by Crippen LogP contribution is 2.10. The molecule has 1 heterocycles. The van der Waals surface area contributed by atoms with E-state index >= 15 is 0 Å². The molecule has 0 spiro atoms. The molecule has 6 nitrogen and oxygen atoms in total. The Bertz CT molecular complexity index is 433. The van der Waals surface area contributed by atoms with Crippen LogP contribution in [-0.4, -0.2) is 48.2 Å². The molecule has 0 saturated carbocycles. The maximum atomic E-state index is 5.23. The van der Waals surface area contributed by atoms with Gasteiger partial charge in [-0.1, -0.05) is 19.0 Å². The maximum absolute atomic E-state index is 5.23. The van der Waals surface area contributed by atoms with Crippen molar-refractivity contribution in [3.05, 3.63) is 11.7 Å². The Morgan fingerprint density at radius 2 is 1.95 bits per heavy atom. The fraction of sp³-hybridized carbons (Fsp3) is 0.800. The summed E-state index contributed by atoms with van der Waals surface area (Å²) in [6, 6.07) is 0. The molecule has 0 aliphatic heterocycles. The highest BCUT2D eigenvalue weighted by Gasteiger charge is 2.09. The van der Waals surface area contributed by atoms with Gasteiger partial charge in [0.2, 0.25) is 5.89 Å². The first-order valence-corrected chi connectivity index (χ1v) is 9.32. The minimum atomic E-state index is 0.310. The lowest BCUT2D eigenvalue weighted by Crippen LogP contribution is -2.38. The summed E-state index contributed by atoms with van der Waals surface area (Å²) in [5, 5.41) is 10.6. The minimum absolute atomic E-state index is 0.310. The lowest BCUT2D eigenvalue weighted by Gasteiger charge is -2.11. The summed E-state index contributed by atoms with van der Waals surface area (Å²) in [7, 11) is 1.80. The van der Waals surface area contributed by atoms with Crippen LogP contribution in [0.25, 0.3) is 0 Å². The molecule has 0 aliphatic rings. The first-order chi connectivity index (χ1) is 10.7. The predicted octanol–water partition coefficient (Wildman–Crippen LogP) is 2.43. The molecule has 0 atom stereocenters. The van der Waals surface area contributed by atoms with Gasteiger partial charge in [-0.05, 0) is 31.3 Å². The normalized spacial score (nSPS) is 12.0. The fourth-order valence-corrected chi connectivity index (χ4v) is 2.34. The van der Waals surface area contributed by atoms with Crippen LogP contribution in [0.2, 0.25) is 0 Å². The summed E-state index contributed by atoms with van der Waals surface area (Å²) >= 11 is 1.89. The zero-order valence-corrected chi connectivity index (χ0v) is 15.0. The number of hydrogen-bond donors (Lipinski definition) is 2. The quantitative estimate of drug-likeness (QED) is 0.390. The number of hydrogen-bond acceptors (Lipinski definition) is 5. The number of guanidine groups is 1. The highest BCUT2D eigenvalue weighted by atomic mass is 32.2. The molecule has 0 amide bonds. The second-order valence-electron chi connectivity index (χ2n) is 5.43. The van der Waals surface area contributed by atoms with Crippen LogP contribution in [0.1, 0.15) is 50.7 Å². The fourth-order valence-electron chi connectivity index (χ4n) is 1.85. The summed E-state index contributed by atoms with van der Waals surface area (Å²) in [5.41, 5.74) is 0. The summed E-state index contributed by atoms with van der Waals surface area (Å²) < 4.78 is 5.23. The Kier molecular flexibility index (Phi) is 9.70. The van der Waals surface area contributed by atoms with Crippen LogP contribution in [0.3, 0.4) is 0 Å². The van der Waals surface area contributed by atoms with Crippen LogP contribution >= 0.6 is 11.8 Å². The van der Waals surface area contributed by atoms with E-state index in [2.05, 4.69) is 45.9 Å². The van der Waals surface area contributed by atoms with Crippen LogP contribution in [-0.2, 0) is 6.42 Å². The molecule has 1 rings (SSSR count). The van der Waals surface area contributed by atoms with Gasteiger partial charge in [0.15, 0.2) is 11.8 Å². The minimum Gasteiger partial charge on any atom is -0.356 e. The van der Waals surface area contributed by atoms with E-state index in [0.29, 0.717) is 11.8 Å². The Labute approximate surface area is 137 Å². The van der Waals surface area contributed by atoms with Gasteiger partial charge in [0, 0.05) is 32.5 Å². The highest BCUT2D eigenvalue weighted by molar-refractivity contribution is 7.98. The predicted molar refractivity (Wildman–Crippen MR) is 93.7 cm³/mol. The Morgan fingerprint density at radius 1 is 1.23 bits per heavy atom. The van der Waals surface area contributed by atoms with E-state index in [1.54, 1.807) is 7.05 Å². The van der Waals surface area contributed by atoms with Crippen LogP contribution < -0.4 is 10.6 Å². The summed E-state index contributed by atoms with van der Waals surface area (Å²) in [6.45, 7) is 5.92.